The fourth-order valence-electron chi connectivity index (χ4n) is 3.04. The summed E-state index contributed by atoms with van der Waals surface area (Å²) in [6.07, 6.45) is 1.23. The van der Waals surface area contributed by atoms with Gasteiger partial charge in [0.1, 0.15) is 6.07 Å². The second-order valence-electron chi connectivity index (χ2n) is 6.16. The normalized spacial score (nSPS) is 18.0. The molecule has 1 unspecified atom stereocenters. The van der Waals surface area contributed by atoms with E-state index in [9.17, 15) is 13.2 Å². The fraction of sp³-hybridized carbons (Fsp3) is 0.263. The Hall–Kier alpha value is -2.69. The molecule has 2 aromatic rings. The molecule has 1 heterocycles. The van der Waals surface area contributed by atoms with Gasteiger partial charge >= 0.3 is 0 Å². The summed E-state index contributed by atoms with van der Waals surface area (Å²) < 4.78 is 26.9. The number of sulfonamides is 1. The summed E-state index contributed by atoms with van der Waals surface area (Å²) in [5, 5.41) is 11.9. The Balaban J connectivity index is 1.74. The number of carbonyl (C=O) groups is 1. The van der Waals surface area contributed by atoms with Crippen LogP contribution < -0.4 is 5.32 Å². The molecule has 26 heavy (non-hydrogen) atoms. The van der Waals surface area contributed by atoms with Crippen molar-refractivity contribution >= 4 is 21.6 Å². The number of piperidine rings is 1. The summed E-state index contributed by atoms with van der Waals surface area (Å²) >= 11 is 0. The predicted molar refractivity (Wildman–Crippen MR) is 97.7 cm³/mol. The number of nitrogens with one attached hydrogen (secondary N) is 1. The molecule has 0 bridgehead atoms. The molecule has 6 nitrogen and oxygen atoms in total. The molecule has 0 aromatic heterocycles. The Morgan fingerprint density at radius 1 is 1.12 bits per heavy atom. The number of rotatable bonds is 4. The average Bonchev–Trinajstić information content (AvgIpc) is 2.69. The quantitative estimate of drug-likeness (QED) is 0.897. The van der Waals surface area contributed by atoms with Gasteiger partial charge in [0.2, 0.25) is 15.9 Å². The van der Waals surface area contributed by atoms with Gasteiger partial charge in [0, 0.05) is 13.1 Å². The molecule has 0 aliphatic carbocycles. The summed E-state index contributed by atoms with van der Waals surface area (Å²) in [6, 6.07) is 17.0. The Bertz CT molecular complexity index is 936. The zero-order chi connectivity index (χ0) is 18.6. The van der Waals surface area contributed by atoms with Gasteiger partial charge in [-0.2, -0.15) is 9.57 Å². The molecule has 1 atom stereocenters. The molecular formula is C19H19N3O3S. The first kappa shape index (κ1) is 18.1. The van der Waals surface area contributed by atoms with Crippen molar-refractivity contribution < 1.29 is 13.2 Å². The highest BCUT2D eigenvalue weighted by Crippen LogP contribution is 2.25. The van der Waals surface area contributed by atoms with Crippen LogP contribution in [0.3, 0.4) is 0 Å². The first-order chi connectivity index (χ1) is 12.5. The maximum absolute atomic E-state index is 12.8. The number of hydrogen-bond donors (Lipinski definition) is 1. The molecule has 1 amide bonds. The van der Waals surface area contributed by atoms with Crippen molar-refractivity contribution in [3.8, 4) is 6.07 Å². The monoisotopic (exact) mass is 369 g/mol. The van der Waals surface area contributed by atoms with Crippen molar-refractivity contribution in [1.82, 2.24) is 4.31 Å². The third kappa shape index (κ3) is 3.77. The summed E-state index contributed by atoms with van der Waals surface area (Å²) in [7, 11) is -3.61. The fourth-order valence-corrected chi connectivity index (χ4v) is 4.59. The van der Waals surface area contributed by atoms with Gasteiger partial charge in [0.05, 0.1) is 22.1 Å². The average molecular weight is 369 g/mol. The Labute approximate surface area is 153 Å². The third-order valence-corrected chi connectivity index (χ3v) is 6.32. The van der Waals surface area contributed by atoms with Gasteiger partial charge in [-0.05, 0) is 37.1 Å². The van der Waals surface area contributed by atoms with Gasteiger partial charge in [-0.1, -0.05) is 30.3 Å². The van der Waals surface area contributed by atoms with Crippen LogP contribution in [0.4, 0.5) is 5.69 Å². The first-order valence-electron chi connectivity index (χ1n) is 8.37. The van der Waals surface area contributed by atoms with Gasteiger partial charge in [-0.25, -0.2) is 8.42 Å². The van der Waals surface area contributed by atoms with Crippen LogP contribution >= 0.6 is 0 Å². The minimum Gasteiger partial charge on any atom is -0.325 e. The third-order valence-electron chi connectivity index (χ3n) is 4.44. The van der Waals surface area contributed by atoms with Crippen molar-refractivity contribution in [3.05, 3.63) is 60.2 Å². The summed E-state index contributed by atoms with van der Waals surface area (Å²) in [6.45, 7) is 0.535. The van der Waals surface area contributed by atoms with E-state index in [-0.39, 0.29) is 17.3 Å². The van der Waals surface area contributed by atoms with Gasteiger partial charge in [0.25, 0.3) is 0 Å². The molecule has 1 N–H and O–H groups in total. The molecular weight excluding hydrogens is 350 g/mol. The van der Waals surface area contributed by atoms with E-state index in [1.165, 1.54) is 4.31 Å². The largest absolute Gasteiger partial charge is 0.325 e. The predicted octanol–water partition coefficient (Wildman–Crippen LogP) is 2.60. The van der Waals surface area contributed by atoms with Crippen LogP contribution in [0.15, 0.2) is 59.5 Å². The number of nitriles is 1. The lowest BCUT2D eigenvalue weighted by molar-refractivity contribution is -0.120. The van der Waals surface area contributed by atoms with Crippen molar-refractivity contribution in [2.45, 2.75) is 17.7 Å². The summed E-state index contributed by atoms with van der Waals surface area (Å²) in [4.78, 5) is 12.8. The van der Waals surface area contributed by atoms with E-state index in [2.05, 4.69) is 5.32 Å². The Kier molecular flexibility index (Phi) is 5.35. The zero-order valence-electron chi connectivity index (χ0n) is 14.1. The van der Waals surface area contributed by atoms with Crippen LogP contribution in [0.2, 0.25) is 0 Å². The number of hydrogen-bond acceptors (Lipinski definition) is 4. The number of nitrogens with zero attached hydrogens (tertiary/aromatic N) is 2. The molecule has 1 aliphatic rings. The molecule has 0 spiro atoms. The number of amides is 1. The summed E-state index contributed by atoms with van der Waals surface area (Å²) in [5.74, 6) is -0.713. The van der Waals surface area contributed by atoms with Gasteiger partial charge in [-0.15, -0.1) is 0 Å². The minimum absolute atomic E-state index is 0.137. The van der Waals surface area contributed by atoms with Crippen LogP contribution in [-0.4, -0.2) is 31.7 Å². The topological polar surface area (TPSA) is 90.3 Å². The maximum atomic E-state index is 12.8. The van der Waals surface area contributed by atoms with E-state index in [1.54, 1.807) is 54.6 Å². The van der Waals surface area contributed by atoms with Gasteiger partial charge < -0.3 is 5.32 Å². The second kappa shape index (κ2) is 7.68. The molecule has 0 radical (unpaired) electrons. The molecule has 0 saturated carbocycles. The maximum Gasteiger partial charge on any atom is 0.243 e. The molecule has 134 valence electrons. The summed E-state index contributed by atoms with van der Waals surface area (Å²) in [5.41, 5.74) is 0.827. The van der Waals surface area contributed by atoms with Crippen molar-refractivity contribution in [1.29, 1.82) is 5.26 Å². The molecule has 1 saturated heterocycles. The lowest BCUT2D eigenvalue weighted by Crippen LogP contribution is -2.43. The minimum atomic E-state index is -3.61. The molecule has 3 rings (SSSR count). The molecule has 7 heteroatoms. The van der Waals surface area contributed by atoms with Crippen LogP contribution in [0, 0.1) is 17.2 Å². The van der Waals surface area contributed by atoms with Gasteiger partial charge in [-0.3, -0.25) is 4.79 Å². The number of para-hydroxylation sites is 1. The molecule has 1 fully saturated rings. The standard InChI is InChI=1S/C19H19N3O3S/c20-13-15-7-4-5-11-18(15)21-19(23)16-8-6-12-22(14-16)26(24,25)17-9-2-1-3-10-17/h1-5,7,9-11,16H,6,8,12,14H2,(H,21,23). The smallest absolute Gasteiger partial charge is 0.243 e. The number of anilines is 1. The van der Waals surface area contributed by atoms with E-state index < -0.39 is 15.9 Å². The van der Waals surface area contributed by atoms with Crippen molar-refractivity contribution in [2.75, 3.05) is 18.4 Å². The lowest BCUT2D eigenvalue weighted by Gasteiger charge is -2.31. The van der Waals surface area contributed by atoms with E-state index >= 15 is 0 Å². The lowest BCUT2D eigenvalue weighted by atomic mass is 9.98. The van der Waals surface area contributed by atoms with Crippen LogP contribution in [0.25, 0.3) is 0 Å². The molecule has 1 aliphatic heterocycles. The highest BCUT2D eigenvalue weighted by Gasteiger charge is 2.33. The SMILES string of the molecule is N#Cc1ccccc1NC(=O)C1CCCN(S(=O)(=O)c2ccccc2)C1. The van der Waals surface area contributed by atoms with Crippen LogP contribution in [0.5, 0.6) is 0 Å². The van der Waals surface area contributed by atoms with Crippen LogP contribution in [0.1, 0.15) is 18.4 Å². The van der Waals surface area contributed by atoms with Crippen molar-refractivity contribution in [3.63, 3.8) is 0 Å². The van der Waals surface area contributed by atoms with Gasteiger partial charge in [0.15, 0.2) is 0 Å². The number of carbonyl (C=O) groups excluding carboxylic acids is 1. The van der Waals surface area contributed by atoms with E-state index in [1.807, 2.05) is 6.07 Å². The zero-order valence-corrected chi connectivity index (χ0v) is 14.9. The second-order valence-corrected chi connectivity index (χ2v) is 8.10. The van der Waals surface area contributed by atoms with Crippen LogP contribution in [-0.2, 0) is 14.8 Å². The highest BCUT2D eigenvalue weighted by molar-refractivity contribution is 7.89. The van der Waals surface area contributed by atoms with E-state index in [0.29, 0.717) is 30.6 Å². The Morgan fingerprint density at radius 2 is 1.81 bits per heavy atom. The Morgan fingerprint density at radius 3 is 2.54 bits per heavy atom. The molecule has 2 aromatic carbocycles. The first-order valence-corrected chi connectivity index (χ1v) is 9.81. The van der Waals surface area contributed by atoms with E-state index in [0.717, 1.165) is 0 Å². The van der Waals surface area contributed by atoms with E-state index in [4.69, 9.17) is 5.26 Å². The number of benzene rings is 2. The highest BCUT2D eigenvalue weighted by atomic mass is 32.2. The van der Waals surface area contributed by atoms with Crippen molar-refractivity contribution in [2.24, 2.45) is 5.92 Å².